The van der Waals surface area contributed by atoms with Gasteiger partial charge in [-0.05, 0) is 18.2 Å². The van der Waals surface area contributed by atoms with Gasteiger partial charge in [0.25, 0.3) is 5.91 Å². The number of aromatic nitrogens is 1. The van der Waals surface area contributed by atoms with E-state index in [2.05, 4.69) is 15.2 Å². The number of fused-ring (bicyclic) bond motifs is 1. The monoisotopic (exact) mass is 321 g/mol. The number of carbonyl (C=O) groups is 1. The zero-order valence-corrected chi connectivity index (χ0v) is 13.3. The third-order valence-electron chi connectivity index (χ3n) is 3.51. The van der Waals surface area contributed by atoms with Crippen LogP contribution in [0.15, 0.2) is 18.2 Å². The lowest BCUT2D eigenvalue weighted by molar-refractivity contribution is 0.0937. The summed E-state index contributed by atoms with van der Waals surface area (Å²) in [5.41, 5.74) is 1.58. The summed E-state index contributed by atoms with van der Waals surface area (Å²) in [7, 11) is 1.61. The smallest absolute Gasteiger partial charge is 0.251 e. The number of carbonyl (C=O) groups excluding carboxylic acids is 1. The summed E-state index contributed by atoms with van der Waals surface area (Å²) in [6, 6.07) is 5.62. The Morgan fingerprint density at radius 1 is 1.45 bits per heavy atom. The molecule has 22 heavy (non-hydrogen) atoms. The maximum atomic E-state index is 12.1. The normalized spacial score (nSPS) is 15.2. The summed E-state index contributed by atoms with van der Waals surface area (Å²) >= 11 is 1.62. The van der Waals surface area contributed by atoms with Crippen LogP contribution in [0.5, 0.6) is 0 Å². The van der Waals surface area contributed by atoms with Crippen LogP contribution in [0.3, 0.4) is 0 Å². The molecule has 0 atom stereocenters. The van der Waals surface area contributed by atoms with Gasteiger partial charge in [-0.2, -0.15) is 0 Å². The summed E-state index contributed by atoms with van der Waals surface area (Å²) in [6.07, 6.45) is 0. The Kier molecular flexibility index (Phi) is 4.87. The first-order valence-corrected chi connectivity index (χ1v) is 8.10. The third-order valence-corrected chi connectivity index (χ3v) is 4.59. The van der Waals surface area contributed by atoms with Crippen LogP contribution in [0, 0.1) is 0 Å². The van der Waals surface area contributed by atoms with Crippen molar-refractivity contribution in [2.45, 2.75) is 0 Å². The standard InChI is InChI=1S/C15H19N3O3S/c1-20-7-4-16-14(19)11-2-3-12-13(10-11)22-15(17-12)18-5-8-21-9-6-18/h2-3,10H,4-9H2,1H3,(H,16,19). The van der Waals surface area contributed by atoms with Gasteiger partial charge in [0.15, 0.2) is 5.13 Å². The Bertz CT molecular complexity index is 653. The molecule has 118 valence electrons. The summed E-state index contributed by atoms with van der Waals surface area (Å²) in [5.74, 6) is -0.0831. The minimum absolute atomic E-state index is 0.0831. The molecule has 1 fully saturated rings. The van der Waals surface area contributed by atoms with Crippen molar-refractivity contribution in [2.24, 2.45) is 0 Å². The van der Waals surface area contributed by atoms with E-state index >= 15 is 0 Å². The van der Waals surface area contributed by atoms with Crippen molar-refractivity contribution in [3.63, 3.8) is 0 Å². The van der Waals surface area contributed by atoms with E-state index in [-0.39, 0.29) is 5.91 Å². The van der Waals surface area contributed by atoms with Crippen molar-refractivity contribution in [2.75, 3.05) is 51.5 Å². The van der Waals surface area contributed by atoms with Crippen LogP contribution in [0.1, 0.15) is 10.4 Å². The molecule has 1 amide bonds. The van der Waals surface area contributed by atoms with Gasteiger partial charge in [-0.3, -0.25) is 4.79 Å². The number of morpholine rings is 1. The van der Waals surface area contributed by atoms with E-state index in [1.165, 1.54) is 0 Å². The second-order valence-corrected chi connectivity index (χ2v) is 6.04. The van der Waals surface area contributed by atoms with Crippen molar-refractivity contribution in [1.82, 2.24) is 10.3 Å². The minimum Gasteiger partial charge on any atom is -0.383 e. The van der Waals surface area contributed by atoms with Crippen molar-refractivity contribution < 1.29 is 14.3 Å². The van der Waals surface area contributed by atoms with Gasteiger partial charge in [-0.25, -0.2) is 4.98 Å². The first-order valence-electron chi connectivity index (χ1n) is 7.28. The van der Waals surface area contributed by atoms with Gasteiger partial charge in [0, 0.05) is 32.3 Å². The van der Waals surface area contributed by atoms with Crippen LogP contribution < -0.4 is 10.2 Å². The Morgan fingerprint density at radius 3 is 3.05 bits per heavy atom. The van der Waals surface area contributed by atoms with E-state index in [4.69, 9.17) is 9.47 Å². The predicted molar refractivity (Wildman–Crippen MR) is 86.9 cm³/mol. The fraction of sp³-hybridized carbons (Fsp3) is 0.467. The topological polar surface area (TPSA) is 63.7 Å². The number of benzene rings is 1. The molecular weight excluding hydrogens is 302 g/mol. The molecule has 1 aromatic carbocycles. The molecule has 3 rings (SSSR count). The van der Waals surface area contributed by atoms with Gasteiger partial charge in [0.2, 0.25) is 0 Å². The first kappa shape index (κ1) is 15.2. The first-order chi connectivity index (χ1) is 10.8. The molecule has 0 radical (unpaired) electrons. The Hall–Kier alpha value is -1.70. The summed E-state index contributed by atoms with van der Waals surface area (Å²) in [4.78, 5) is 18.9. The van der Waals surface area contributed by atoms with Gasteiger partial charge in [-0.15, -0.1) is 0 Å². The second kappa shape index (κ2) is 7.04. The lowest BCUT2D eigenvalue weighted by Gasteiger charge is -2.25. The molecule has 0 unspecified atom stereocenters. The highest BCUT2D eigenvalue weighted by atomic mass is 32.1. The number of methoxy groups -OCH3 is 1. The fourth-order valence-corrected chi connectivity index (χ4v) is 3.37. The number of nitrogens with one attached hydrogen (secondary N) is 1. The van der Waals surface area contributed by atoms with Gasteiger partial charge < -0.3 is 19.7 Å². The van der Waals surface area contributed by atoms with Crippen LogP contribution in [0.2, 0.25) is 0 Å². The molecule has 1 N–H and O–H groups in total. The Balaban J connectivity index is 1.76. The van der Waals surface area contributed by atoms with Crippen LogP contribution in [0.4, 0.5) is 5.13 Å². The van der Waals surface area contributed by atoms with Crippen LogP contribution in [-0.2, 0) is 9.47 Å². The molecule has 6 nitrogen and oxygen atoms in total. The van der Waals surface area contributed by atoms with Gasteiger partial charge >= 0.3 is 0 Å². The largest absolute Gasteiger partial charge is 0.383 e. The summed E-state index contributed by atoms with van der Waals surface area (Å²) < 4.78 is 11.3. The van der Waals surface area contributed by atoms with E-state index in [9.17, 15) is 4.79 Å². The quantitative estimate of drug-likeness (QED) is 0.846. The number of amides is 1. The van der Waals surface area contributed by atoms with Crippen molar-refractivity contribution in [3.05, 3.63) is 23.8 Å². The molecule has 0 saturated carbocycles. The highest BCUT2D eigenvalue weighted by Crippen LogP contribution is 2.29. The number of hydrogen-bond acceptors (Lipinski definition) is 6. The van der Waals surface area contributed by atoms with Crippen LogP contribution in [-0.4, -0.2) is 57.5 Å². The highest BCUT2D eigenvalue weighted by molar-refractivity contribution is 7.22. The zero-order chi connectivity index (χ0) is 15.4. The molecule has 1 aliphatic rings. The number of rotatable bonds is 5. The number of nitrogens with zero attached hydrogens (tertiary/aromatic N) is 2. The van der Waals surface area contributed by atoms with E-state index in [0.29, 0.717) is 18.7 Å². The Labute approximate surface area is 133 Å². The molecular formula is C15H19N3O3S. The average Bonchev–Trinajstić information content (AvgIpc) is 2.99. The van der Waals surface area contributed by atoms with E-state index in [1.54, 1.807) is 18.4 Å². The molecule has 7 heteroatoms. The number of anilines is 1. The van der Waals surface area contributed by atoms with E-state index in [1.807, 2.05) is 18.2 Å². The van der Waals surface area contributed by atoms with Crippen LogP contribution >= 0.6 is 11.3 Å². The third kappa shape index (κ3) is 3.37. The average molecular weight is 321 g/mol. The zero-order valence-electron chi connectivity index (χ0n) is 12.5. The maximum Gasteiger partial charge on any atom is 0.251 e. The molecule has 2 aromatic rings. The number of ether oxygens (including phenoxy) is 2. The summed E-state index contributed by atoms with van der Waals surface area (Å²) in [5, 5.41) is 3.82. The molecule has 0 aliphatic carbocycles. The number of hydrogen-bond donors (Lipinski definition) is 1. The van der Waals surface area contributed by atoms with E-state index in [0.717, 1.165) is 41.7 Å². The lowest BCUT2D eigenvalue weighted by Crippen LogP contribution is -2.36. The van der Waals surface area contributed by atoms with Gasteiger partial charge in [0.05, 0.1) is 30.0 Å². The molecule has 1 aromatic heterocycles. The molecule has 0 spiro atoms. The molecule has 1 saturated heterocycles. The van der Waals surface area contributed by atoms with Crippen molar-refractivity contribution in [1.29, 1.82) is 0 Å². The molecule has 2 heterocycles. The summed E-state index contributed by atoms with van der Waals surface area (Å²) in [6.45, 7) is 4.23. The van der Waals surface area contributed by atoms with Gasteiger partial charge in [0.1, 0.15) is 0 Å². The highest BCUT2D eigenvalue weighted by Gasteiger charge is 2.16. The van der Waals surface area contributed by atoms with Crippen molar-refractivity contribution >= 4 is 32.6 Å². The second-order valence-electron chi connectivity index (χ2n) is 5.03. The lowest BCUT2D eigenvalue weighted by atomic mass is 10.2. The van der Waals surface area contributed by atoms with E-state index < -0.39 is 0 Å². The Morgan fingerprint density at radius 2 is 2.27 bits per heavy atom. The van der Waals surface area contributed by atoms with Gasteiger partial charge in [-0.1, -0.05) is 11.3 Å². The minimum atomic E-state index is -0.0831. The SMILES string of the molecule is COCCNC(=O)c1ccc2nc(N3CCOCC3)sc2c1. The van der Waals surface area contributed by atoms with Crippen molar-refractivity contribution in [3.8, 4) is 0 Å². The number of thiazole rings is 1. The fourth-order valence-electron chi connectivity index (χ4n) is 2.31. The molecule has 1 aliphatic heterocycles. The van der Waals surface area contributed by atoms with Crippen LogP contribution in [0.25, 0.3) is 10.2 Å². The molecule has 0 bridgehead atoms. The predicted octanol–water partition coefficient (Wildman–Crippen LogP) is 1.51. The maximum absolute atomic E-state index is 12.1.